The minimum Gasteiger partial charge on any atom is -0.446 e. The molecule has 0 aromatic carbocycles. The monoisotopic (exact) mass is 375 g/mol. The fraction of sp³-hybridized carbons (Fsp3) is 0.650. The molecule has 150 valence electrons. The van der Waals surface area contributed by atoms with Crippen molar-refractivity contribution in [3.8, 4) is 0 Å². The molecule has 0 spiro atoms. The number of hydrogen-bond acceptors (Lipinski definition) is 5. The molecule has 2 saturated carbocycles. The Balaban J connectivity index is 1.84. The number of rotatable bonds is 7. The molecule has 0 radical (unpaired) electrons. The van der Waals surface area contributed by atoms with Gasteiger partial charge >= 0.3 is 6.09 Å². The molecule has 0 heterocycles. The van der Waals surface area contributed by atoms with Crippen LogP contribution in [0.1, 0.15) is 59.8 Å². The first-order valence-corrected chi connectivity index (χ1v) is 9.72. The second kappa shape index (κ2) is 9.06. The molecule has 7 nitrogen and oxygen atoms in total. The lowest BCUT2D eigenvalue weighted by Crippen LogP contribution is -2.36. The van der Waals surface area contributed by atoms with Gasteiger partial charge in [0.15, 0.2) is 0 Å². The van der Waals surface area contributed by atoms with Crippen molar-refractivity contribution in [1.82, 2.24) is 10.6 Å². The van der Waals surface area contributed by atoms with E-state index in [4.69, 9.17) is 15.9 Å². The molecule has 0 aromatic rings. The third kappa shape index (κ3) is 7.07. The molecule has 7 heteroatoms. The number of nitrogens with one attached hydrogen (secondary N) is 3. The predicted molar refractivity (Wildman–Crippen MR) is 109 cm³/mol. The Morgan fingerprint density at radius 3 is 2.67 bits per heavy atom. The highest BCUT2D eigenvalue weighted by molar-refractivity contribution is 5.92. The summed E-state index contributed by atoms with van der Waals surface area (Å²) in [5.41, 5.74) is 6.77. The topological polar surface area (TPSA) is 113 Å². The van der Waals surface area contributed by atoms with Gasteiger partial charge in [-0.15, -0.1) is 0 Å². The summed E-state index contributed by atoms with van der Waals surface area (Å²) in [6, 6.07) is 0. The second-order valence-electron chi connectivity index (χ2n) is 8.09. The van der Waals surface area contributed by atoms with Crippen LogP contribution in [0.15, 0.2) is 28.7 Å². The number of nitrogens with zero attached hydrogens (tertiary/aromatic N) is 1. The Morgan fingerprint density at radius 1 is 1.37 bits per heavy atom. The van der Waals surface area contributed by atoms with Gasteiger partial charge in [-0.2, -0.15) is 0 Å². The van der Waals surface area contributed by atoms with Crippen LogP contribution in [0, 0.1) is 17.2 Å². The van der Waals surface area contributed by atoms with Gasteiger partial charge in [0.1, 0.15) is 17.8 Å². The van der Waals surface area contributed by atoms with Gasteiger partial charge < -0.3 is 21.1 Å². The molecular formula is C20H33N5O2. The highest BCUT2D eigenvalue weighted by Gasteiger charge is 2.40. The fourth-order valence-electron chi connectivity index (χ4n) is 3.12. The van der Waals surface area contributed by atoms with Crippen molar-refractivity contribution in [1.29, 1.82) is 5.41 Å². The van der Waals surface area contributed by atoms with Gasteiger partial charge in [0.05, 0.1) is 0 Å². The fourth-order valence-corrected chi connectivity index (χ4v) is 3.12. The van der Waals surface area contributed by atoms with Crippen LogP contribution in [0.25, 0.3) is 0 Å². The van der Waals surface area contributed by atoms with Crippen LogP contribution in [0.5, 0.6) is 0 Å². The maximum absolute atomic E-state index is 11.9. The summed E-state index contributed by atoms with van der Waals surface area (Å²) < 4.78 is 5.52. The summed E-state index contributed by atoms with van der Waals surface area (Å²) in [6.45, 7) is 7.97. The van der Waals surface area contributed by atoms with E-state index in [1.807, 2.05) is 19.9 Å². The second-order valence-corrected chi connectivity index (χ2v) is 8.09. The minimum absolute atomic E-state index is 0.0725. The molecule has 1 unspecified atom stereocenters. The number of carbonyl (C=O) groups is 1. The van der Waals surface area contributed by atoms with Crippen LogP contribution in [0.3, 0.4) is 0 Å². The third-order valence-electron chi connectivity index (χ3n) is 4.87. The number of carbonyl (C=O) groups excluding carboxylic acids is 1. The zero-order chi connectivity index (χ0) is 20.0. The lowest BCUT2D eigenvalue weighted by atomic mass is 10.0. The SMILES string of the molecule is C/C=N\C(=C/C(C)C)NC(=N)/C=C(\N)[C@H]1CCC(OC(=O)NC2(C)CC2)C1. The zero-order valence-electron chi connectivity index (χ0n) is 16.8. The maximum Gasteiger partial charge on any atom is 0.407 e. The van der Waals surface area contributed by atoms with Crippen LogP contribution >= 0.6 is 0 Å². The number of alkyl carbamates (subject to hydrolysis) is 1. The standard InChI is InChI=1S/C20H33N5O2/c1-5-23-18(10-13(2)3)24-17(22)12-16(21)14-6-7-15(11-14)27-19(26)25-20(4)8-9-20/h5,10,12-15H,6-9,11,21H2,1-4H3,(H2,22,24)(H,25,26)/b16-12-,18-10+,23-5-/t14-,15?/m0/s1. The molecule has 1 amide bonds. The Hall–Kier alpha value is -2.31. The summed E-state index contributed by atoms with van der Waals surface area (Å²) in [4.78, 5) is 16.2. The van der Waals surface area contributed by atoms with Crippen LogP contribution in [0.2, 0.25) is 0 Å². The van der Waals surface area contributed by atoms with E-state index in [0.29, 0.717) is 23.9 Å². The Bertz CT molecular complexity index is 647. The lowest BCUT2D eigenvalue weighted by Gasteiger charge is -2.16. The number of amidine groups is 1. The Labute approximate surface area is 162 Å². The molecule has 0 bridgehead atoms. The smallest absolute Gasteiger partial charge is 0.407 e. The first-order chi connectivity index (χ1) is 12.7. The van der Waals surface area contributed by atoms with Gasteiger partial charge in [-0.25, -0.2) is 9.79 Å². The van der Waals surface area contributed by atoms with Crippen molar-refractivity contribution >= 4 is 18.1 Å². The summed E-state index contributed by atoms with van der Waals surface area (Å²) >= 11 is 0. The molecule has 0 aromatic heterocycles. The van der Waals surface area contributed by atoms with E-state index in [0.717, 1.165) is 25.7 Å². The quantitative estimate of drug-likeness (QED) is 0.403. The van der Waals surface area contributed by atoms with Crippen LogP contribution < -0.4 is 16.4 Å². The predicted octanol–water partition coefficient (Wildman–Crippen LogP) is 3.43. The highest BCUT2D eigenvalue weighted by Crippen LogP contribution is 2.35. The Morgan fingerprint density at radius 2 is 2.07 bits per heavy atom. The molecule has 2 atom stereocenters. The molecule has 0 aliphatic heterocycles. The molecule has 27 heavy (non-hydrogen) atoms. The van der Waals surface area contributed by atoms with E-state index in [1.54, 1.807) is 12.3 Å². The van der Waals surface area contributed by atoms with Crippen molar-refractivity contribution in [2.24, 2.45) is 22.6 Å². The highest BCUT2D eigenvalue weighted by atomic mass is 16.6. The van der Waals surface area contributed by atoms with E-state index >= 15 is 0 Å². The van der Waals surface area contributed by atoms with Gasteiger partial charge in [-0.05, 0) is 64.0 Å². The molecule has 2 fully saturated rings. The minimum atomic E-state index is -0.335. The first kappa shape index (κ1) is 21.0. The Kier molecular flexibility index (Phi) is 7.05. The average Bonchev–Trinajstić information content (AvgIpc) is 3.07. The van der Waals surface area contributed by atoms with Crippen molar-refractivity contribution in [2.75, 3.05) is 0 Å². The normalized spacial score (nSPS) is 24.9. The number of aliphatic imine (C=N–C) groups is 1. The summed E-state index contributed by atoms with van der Waals surface area (Å²) in [5.74, 6) is 1.28. The van der Waals surface area contributed by atoms with Crippen molar-refractivity contribution in [2.45, 2.75) is 71.4 Å². The summed E-state index contributed by atoms with van der Waals surface area (Å²) in [7, 11) is 0. The van der Waals surface area contributed by atoms with E-state index < -0.39 is 0 Å². The van der Waals surface area contributed by atoms with Crippen molar-refractivity contribution in [3.05, 3.63) is 23.7 Å². The number of hydrogen-bond donors (Lipinski definition) is 4. The van der Waals surface area contributed by atoms with Crippen LogP contribution in [-0.2, 0) is 4.74 Å². The third-order valence-corrected chi connectivity index (χ3v) is 4.87. The van der Waals surface area contributed by atoms with Crippen LogP contribution in [-0.4, -0.2) is 29.8 Å². The van der Waals surface area contributed by atoms with Crippen molar-refractivity contribution in [3.63, 3.8) is 0 Å². The van der Waals surface area contributed by atoms with Gasteiger partial charge in [0, 0.05) is 23.4 Å². The zero-order valence-corrected chi connectivity index (χ0v) is 16.8. The molecule has 5 N–H and O–H groups in total. The average molecular weight is 376 g/mol. The lowest BCUT2D eigenvalue weighted by molar-refractivity contribution is 0.0960. The van der Waals surface area contributed by atoms with Crippen molar-refractivity contribution < 1.29 is 9.53 Å². The van der Waals surface area contributed by atoms with E-state index in [9.17, 15) is 4.79 Å². The van der Waals surface area contributed by atoms with Gasteiger partial charge in [0.25, 0.3) is 0 Å². The number of nitrogens with two attached hydrogens (primary N) is 1. The van der Waals surface area contributed by atoms with Crippen LogP contribution in [0.4, 0.5) is 4.79 Å². The van der Waals surface area contributed by atoms with E-state index in [2.05, 4.69) is 29.5 Å². The number of ether oxygens (including phenoxy) is 1. The molecular weight excluding hydrogens is 342 g/mol. The van der Waals surface area contributed by atoms with Gasteiger partial charge in [-0.3, -0.25) is 5.41 Å². The van der Waals surface area contributed by atoms with E-state index in [1.165, 1.54) is 0 Å². The summed E-state index contributed by atoms with van der Waals surface area (Å²) in [5, 5.41) is 14.0. The van der Waals surface area contributed by atoms with Gasteiger partial charge in [0.2, 0.25) is 0 Å². The molecule has 2 aliphatic rings. The molecule has 0 saturated heterocycles. The van der Waals surface area contributed by atoms with E-state index in [-0.39, 0.29) is 29.5 Å². The first-order valence-electron chi connectivity index (χ1n) is 9.72. The number of amides is 1. The maximum atomic E-state index is 11.9. The number of allylic oxidation sites excluding steroid dienone is 2. The molecule has 2 rings (SSSR count). The van der Waals surface area contributed by atoms with Gasteiger partial charge in [-0.1, -0.05) is 13.8 Å². The largest absolute Gasteiger partial charge is 0.446 e. The molecule has 2 aliphatic carbocycles. The summed E-state index contributed by atoms with van der Waals surface area (Å²) in [6.07, 6.45) is 9.19.